The van der Waals surface area contributed by atoms with Gasteiger partial charge in [0.15, 0.2) is 5.76 Å². The molecule has 0 atom stereocenters. The van der Waals surface area contributed by atoms with Crippen molar-refractivity contribution in [3.05, 3.63) is 17.5 Å². The largest absolute Gasteiger partial charge is 0.360 e. The highest BCUT2D eigenvalue weighted by Gasteiger charge is 2.21. The van der Waals surface area contributed by atoms with Crippen LogP contribution in [-0.2, 0) is 13.1 Å². The SMILES string of the molecule is CN1CCCN(Cc2cc(CNC3CC3)no2)CC1. The van der Waals surface area contributed by atoms with Crippen molar-refractivity contribution in [1.82, 2.24) is 20.3 Å². The first-order valence-electron chi connectivity index (χ1n) is 7.38. The molecule has 1 aromatic heterocycles. The highest BCUT2D eigenvalue weighted by Crippen LogP contribution is 2.19. The van der Waals surface area contributed by atoms with Gasteiger partial charge in [-0.3, -0.25) is 4.90 Å². The number of nitrogens with one attached hydrogen (secondary N) is 1. The fraction of sp³-hybridized carbons (Fsp3) is 0.786. The van der Waals surface area contributed by atoms with Gasteiger partial charge in [-0.25, -0.2) is 0 Å². The van der Waals surface area contributed by atoms with Crippen molar-refractivity contribution in [2.75, 3.05) is 33.2 Å². The minimum Gasteiger partial charge on any atom is -0.360 e. The van der Waals surface area contributed by atoms with E-state index in [2.05, 4.69) is 33.4 Å². The standard InChI is InChI=1S/C14H24N4O/c1-17-5-2-6-18(8-7-17)11-14-9-13(16-19-14)10-15-12-3-4-12/h9,12,15H,2-8,10-11H2,1H3. The van der Waals surface area contributed by atoms with E-state index in [0.717, 1.165) is 50.2 Å². The lowest BCUT2D eigenvalue weighted by Crippen LogP contribution is -2.28. The number of likely N-dealkylation sites (N-methyl/N-ethyl adjacent to an activating group) is 1. The van der Waals surface area contributed by atoms with E-state index in [1.807, 2.05) is 0 Å². The smallest absolute Gasteiger partial charge is 0.151 e. The van der Waals surface area contributed by atoms with Crippen molar-refractivity contribution in [3.63, 3.8) is 0 Å². The van der Waals surface area contributed by atoms with Crippen molar-refractivity contribution in [3.8, 4) is 0 Å². The molecule has 1 aliphatic carbocycles. The highest BCUT2D eigenvalue weighted by molar-refractivity contribution is 5.06. The Morgan fingerprint density at radius 3 is 3.05 bits per heavy atom. The maximum atomic E-state index is 5.44. The Kier molecular flexibility index (Phi) is 4.15. The molecule has 0 spiro atoms. The Hall–Kier alpha value is -0.910. The quantitative estimate of drug-likeness (QED) is 0.861. The van der Waals surface area contributed by atoms with Crippen LogP contribution in [-0.4, -0.2) is 54.2 Å². The average Bonchev–Trinajstić information content (AvgIpc) is 3.16. The van der Waals surface area contributed by atoms with Gasteiger partial charge in [0, 0.05) is 31.7 Å². The second-order valence-corrected chi connectivity index (χ2v) is 5.87. The molecular weight excluding hydrogens is 240 g/mol. The van der Waals surface area contributed by atoms with Crippen LogP contribution in [0, 0.1) is 0 Å². The maximum absolute atomic E-state index is 5.44. The Balaban J connectivity index is 1.48. The molecule has 0 amide bonds. The van der Waals surface area contributed by atoms with Crippen LogP contribution >= 0.6 is 0 Å². The number of aromatic nitrogens is 1. The molecule has 0 unspecified atom stereocenters. The molecular formula is C14H24N4O. The van der Waals surface area contributed by atoms with Gasteiger partial charge in [-0.05, 0) is 39.4 Å². The lowest BCUT2D eigenvalue weighted by molar-refractivity contribution is 0.235. The molecule has 5 heteroatoms. The molecule has 2 fully saturated rings. The zero-order valence-corrected chi connectivity index (χ0v) is 11.8. The molecule has 1 saturated heterocycles. The molecule has 5 nitrogen and oxygen atoms in total. The van der Waals surface area contributed by atoms with E-state index in [4.69, 9.17) is 4.52 Å². The minimum absolute atomic E-state index is 0.723. The normalized spacial score (nSPS) is 22.6. The van der Waals surface area contributed by atoms with E-state index in [1.165, 1.54) is 25.8 Å². The van der Waals surface area contributed by atoms with Crippen molar-refractivity contribution in [2.45, 2.75) is 38.4 Å². The predicted octanol–water partition coefficient (Wildman–Crippen LogP) is 1.06. The summed E-state index contributed by atoms with van der Waals surface area (Å²) >= 11 is 0. The molecule has 1 aliphatic heterocycles. The summed E-state index contributed by atoms with van der Waals surface area (Å²) in [6.07, 6.45) is 3.86. The minimum atomic E-state index is 0.723. The van der Waals surface area contributed by atoms with Gasteiger partial charge in [-0.15, -0.1) is 0 Å². The van der Waals surface area contributed by atoms with E-state index in [9.17, 15) is 0 Å². The molecule has 0 bridgehead atoms. The number of rotatable bonds is 5. The molecule has 19 heavy (non-hydrogen) atoms. The van der Waals surface area contributed by atoms with Gasteiger partial charge in [-0.1, -0.05) is 5.16 Å². The fourth-order valence-electron chi connectivity index (χ4n) is 2.53. The lowest BCUT2D eigenvalue weighted by Gasteiger charge is -2.17. The molecule has 3 rings (SSSR count). The first-order chi connectivity index (χ1) is 9.29. The summed E-state index contributed by atoms with van der Waals surface area (Å²) in [5.41, 5.74) is 1.04. The summed E-state index contributed by atoms with van der Waals surface area (Å²) < 4.78 is 5.44. The van der Waals surface area contributed by atoms with Gasteiger partial charge >= 0.3 is 0 Å². The predicted molar refractivity (Wildman–Crippen MR) is 73.8 cm³/mol. The van der Waals surface area contributed by atoms with Crippen molar-refractivity contribution < 1.29 is 4.52 Å². The van der Waals surface area contributed by atoms with Crippen molar-refractivity contribution in [1.29, 1.82) is 0 Å². The fourth-order valence-corrected chi connectivity index (χ4v) is 2.53. The number of nitrogens with zero attached hydrogens (tertiary/aromatic N) is 3. The third-order valence-electron chi connectivity index (χ3n) is 3.95. The maximum Gasteiger partial charge on any atom is 0.151 e. The highest BCUT2D eigenvalue weighted by atomic mass is 16.5. The molecule has 0 radical (unpaired) electrons. The van der Waals surface area contributed by atoms with E-state index < -0.39 is 0 Å². The van der Waals surface area contributed by atoms with Gasteiger partial charge in [0.25, 0.3) is 0 Å². The molecule has 1 N–H and O–H groups in total. The lowest BCUT2D eigenvalue weighted by atomic mass is 10.3. The van der Waals surface area contributed by atoms with Crippen LogP contribution in [0.5, 0.6) is 0 Å². The van der Waals surface area contributed by atoms with Gasteiger partial charge in [0.1, 0.15) is 0 Å². The first kappa shape index (κ1) is 13.1. The molecule has 2 aliphatic rings. The molecule has 1 saturated carbocycles. The van der Waals surface area contributed by atoms with Gasteiger partial charge in [0.2, 0.25) is 0 Å². The first-order valence-corrected chi connectivity index (χ1v) is 7.38. The molecule has 2 heterocycles. The monoisotopic (exact) mass is 264 g/mol. The third kappa shape index (κ3) is 4.03. The Labute approximate surface area is 114 Å². The summed E-state index contributed by atoms with van der Waals surface area (Å²) in [6, 6.07) is 2.82. The number of hydrogen-bond donors (Lipinski definition) is 1. The summed E-state index contributed by atoms with van der Waals surface area (Å²) in [5.74, 6) is 0.997. The molecule has 106 valence electrons. The van der Waals surface area contributed by atoms with Crippen LogP contribution in [0.25, 0.3) is 0 Å². The summed E-state index contributed by atoms with van der Waals surface area (Å²) in [6.45, 7) is 6.35. The van der Waals surface area contributed by atoms with Crippen LogP contribution in [0.3, 0.4) is 0 Å². The van der Waals surface area contributed by atoms with E-state index in [1.54, 1.807) is 0 Å². The molecule has 0 aromatic carbocycles. The van der Waals surface area contributed by atoms with E-state index in [-0.39, 0.29) is 0 Å². The summed E-state index contributed by atoms with van der Waals surface area (Å²) in [7, 11) is 2.19. The zero-order valence-electron chi connectivity index (χ0n) is 11.8. The Morgan fingerprint density at radius 1 is 1.32 bits per heavy atom. The Morgan fingerprint density at radius 2 is 2.21 bits per heavy atom. The third-order valence-corrected chi connectivity index (χ3v) is 3.95. The second-order valence-electron chi connectivity index (χ2n) is 5.87. The molecule has 1 aromatic rings. The zero-order chi connectivity index (χ0) is 13.1. The van der Waals surface area contributed by atoms with Crippen molar-refractivity contribution in [2.24, 2.45) is 0 Å². The average molecular weight is 264 g/mol. The summed E-state index contributed by atoms with van der Waals surface area (Å²) in [5, 5.41) is 7.61. The van der Waals surface area contributed by atoms with Gasteiger partial charge < -0.3 is 14.7 Å². The van der Waals surface area contributed by atoms with E-state index >= 15 is 0 Å². The van der Waals surface area contributed by atoms with Crippen LogP contribution in [0.1, 0.15) is 30.7 Å². The van der Waals surface area contributed by atoms with Crippen LogP contribution in [0.4, 0.5) is 0 Å². The van der Waals surface area contributed by atoms with Crippen LogP contribution < -0.4 is 5.32 Å². The number of hydrogen-bond acceptors (Lipinski definition) is 5. The summed E-state index contributed by atoms with van der Waals surface area (Å²) in [4.78, 5) is 4.85. The van der Waals surface area contributed by atoms with Crippen molar-refractivity contribution >= 4 is 0 Å². The van der Waals surface area contributed by atoms with E-state index in [0.29, 0.717) is 0 Å². The van der Waals surface area contributed by atoms with Gasteiger partial charge in [-0.2, -0.15) is 0 Å². The topological polar surface area (TPSA) is 44.5 Å². The van der Waals surface area contributed by atoms with Crippen LogP contribution in [0.2, 0.25) is 0 Å². The van der Waals surface area contributed by atoms with Gasteiger partial charge in [0.05, 0.1) is 12.2 Å². The second kappa shape index (κ2) is 6.03. The van der Waals surface area contributed by atoms with Crippen LogP contribution in [0.15, 0.2) is 10.6 Å². The Bertz CT molecular complexity index is 402.